The van der Waals surface area contributed by atoms with E-state index in [4.69, 9.17) is 8.83 Å². The van der Waals surface area contributed by atoms with Gasteiger partial charge in [0.05, 0.1) is 11.4 Å². The molecule has 9 aromatic carbocycles. The molecule has 11 aromatic rings. The fraction of sp³-hybridized carbons (Fsp3) is 0.138. The Labute approximate surface area is 362 Å². The van der Waals surface area contributed by atoms with Crippen LogP contribution in [0, 0.1) is 55.4 Å². The molecule has 0 aliphatic heterocycles. The first kappa shape index (κ1) is 37.7. The highest BCUT2D eigenvalue weighted by molar-refractivity contribution is 6.28. The van der Waals surface area contributed by atoms with Crippen LogP contribution in [0.1, 0.15) is 44.5 Å². The predicted octanol–water partition coefficient (Wildman–Crippen LogP) is 17.2. The van der Waals surface area contributed by atoms with Gasteiger partial charge in [0.2, 0.25) is 0 Å². The van der Waals surface area contributed by atoms with Crippen LogP contribution in [0.5, 0.6) is 0 Å². The van der Waals surface area contributed by atoms with Crippen LogP contribution in [0.15, 0.2) is 154 Å². The summed E-state index contributed by atoms with van der Waals surface area (Å²) in [6.07, 6.45) is 0. The Morgan fingerprint density at radius 1 is 0.274 bits per heavy atom. The molecule has 0 bridgehead atoms. The van der Waals surface area contributed by atoms with E-state index in [9.17, 15) is 0 Å². The largest absolute Gasteiger partial charge is 0.456 e. The maximum Gasteiger partial charge on any atom is 0.139 e. The van der Waals surface area contributed by atoms with Crippen molar-refractivity contribution in [2.45, 2.75) is 55.4 Å². The Bertz CT molecular complexity index is 3300. The second-order valence-corrected chi connectivity index (χ2v) is 17.4. The van der Waals surface area contributed by atoms with Crippen LogP contribution < -0.4 is 9.80 Å². The van der Waals surface area contributed by atoms with E-state index in [0.717, 1.165) is 99.5 Å². The Kier molecular flexibility index (Phi) is 8.59. The second-order valence-electron chi connectivity index (χ2n) is 17.4. The number of hydrogen-bond donors (Lipinski definition) is 0. The van der Waals surface area contributed by atoms with Crippen molar-refractivity contribution in [2.75, 3.05) is 9.80 Å². The van der Waals surface area contributed by atoms with E-state index >= 15 is 0 Å². The Morgan fingerprint density at radius 3 is 0.919 bits per heavy atom. The first-order chi connectivity index (χ1) is 30.0. The van der Waals surface area contributed by atoms with Gasteiger partial charge >= 0.3 is 0 Å². The smallest absolute Gasteiger partial charge is 0.139 e. The highest BCUT2D eigenvalue weighted by Crippen LogP contribution is 2.49. The molecule has 0 saturated heterocycles. The van der Waals surface area contributed by atoms with E-state index < -0.39 is 0 Å². The van der Waals surface area contributed by atoms with Crippen LogP contribution in [-0.4, -0.2) is 0 Å². The molecule has 11 rings (SSSR count). The molecule has 0 aliphatic rings. The van der Waals surface area contributed by atoms with Crippen molar-refractivity contribution in [3.05, 3.63) is 190 Å². The lowest BCUT2D eigenvalue weighted by Crippen LogP contribution is -2.11. The van der Waals surface area contributed by atoms with Crippen LogP contribution in [0.25, 0.3) is 65.4 Å². The molecule has 0 amide bonds. The van der Waals surface area contributed by atoms with Gasteiger partial charge in [-0.3, -0.25) is 0 Å². The quantitative estimate of drug-likeness (QED) is 0.168. The molecular formula is C58H48N2O2. The van der Waals surface area contributed by atoms with Crippen molar-refractivity contribution in [1.29, 1.82) is 0 Å². The lowest BCUT2D eigenvalue weighted by Gasteiger charge is -2.28. The summed E-state index contributed by atoms with van der Waals surface area (Å²) in [7, 11) is 0. The van der Waals surface area contributed by atoms with Crippen LogP contribution in [0.4, 0.5) is 34.1 Å². The van der Waals surface area contributed by atoms with Gasteiger partial charge in [0.1, 0.15) is 22.3 Å². The molecule has 2 heterocycles. The zero-order valence-electron chi connectivity index (χ0n) is 36.6. The topological polar surface area (TPSA) is 32.8 Å². The van der Waals surface area contributed by atoms with E-state index in [2.05, 4.69) is 211 Å². The van der Waals surface area contributed by atoms with Gasteiger partial charge in [-0.05, 0) is 165 Å². The monoisotopic (exact) mass is 804 g/mol. The van der Waals surface area contributed by atoms with Crippen LogP contribution in [-0.2, 0) is 0 Å². The number of furan rings is 2. The summed E-state index contributed by atoms with van der Waals surface area (Å²) < 4.78 is 13.8. The number of aryl methyl sites for hydroxylation is 8. The molecule has 2 aromatic heterocycles. The Morgan fingerprint density at radius 2 is 0.597 bits per heavy atom. The van der Waals surface area contributed by atoms with Crippen molar-refractivity contribution in [3.63, 3.8) is 0 Å². The van der Waals surface area contributed by atoms with Crippen LogP contribution in [0.2, 0.25) is 0 Å². The SMILES string of the molecule is Cc1ccc(N(c2ccc(C)c(C)c2)c2cc3oc4cc5oc6cc(N(c7ccc(C)c(C)c7)c7ccc(C)c(C)c7)c7ccccc7c6c5cc4c3c3ccccc23)cc1C. The number of hydrogen-bond acceptors (Lipinski definition) is 4. The first-order valence-corrected chi connectivity index (χ1v) is 21.6. The zero-order valence-corrected chi connectivity index (χ0v) is 36.6. The van der Waals surface area contributed by atoms with Crippen molar-refractivity contribution in [1.82, 2.24) is 0 Å². The van der Waals surface area contributed by atoms with E-state index in [1.165, 1.54) is 44.5 Å². The van der Waals surface area contributed by atoms with Crippen LogP contribution in [0.3, 0.4) is 0 Å². The highest BCUT2D eigenvalue weighted by Gasteiger charge is 2.25. The summed E-state index contributed by atoms with van der Waals surface area (Å²) >= 11 is 0. The summed E-state index contributed by atoms with van der Waals surface area (Å²) in [6.45, 7) is 17.4. The molecule has 0 spiro atoms. The number of nitrogens with zero attached hydrogens (tertiary/aromatic N) is 2. The molecule has 0 atom stereocenters. The van der Waals surface area contributed by atoms with Gasteiger partial charge < -0.3 is 18.6 Å². The van der Waals surface area contributed by atoms with E-state index in [1.807, 2.05) is 0 Å². The Hall–Kier alpha value is -7.30. The van der Waals surface area contributed by atoms with Gasteiger partial charge in [-0.1, -0.05) is 72.8 Å². The van der Waals surface area contributed by atoms with Gasteiger partial charge in [-0.15, -0.1) is 0 Å². The molecule has 0 saturated carbocycles. The standard InChI is InChI=1S/C58H48N2O2/c1-33-17-21-41(25-37(33)5)59(42-22-18-34(2)38(6)26-42)51-30-55-57(47-15-11-9-13-45(47)51)49-29-50-54(32-53(49)61-55)62-56-31-52(46-14-10-12-16-48(46)58(50)56)60(43-23-19-35(3)39(7)27-43)44-24-20-36(4)40(8)28-44/h9-32H,1-8H3. The van der Waals surface area contributed by atoms with Gasteiger partial charge in [0.15, 0.2) is 0 Å². The summed E-state index contributed by atoms with van der Waals surface area (Å²) in [6, 6.07) is 53.4. The van der Waals surface area contributed by atoms with Gasteiger partial charge in [-0.2, -0.15) is 0 Å². The predicted molar refractivity (Wildman–Crippen MR) is 263 cm³/mol. The molecule has 302 valence electrons. The summed E-state index contributed by atoms with van der Waals surface area (Å²) in [5.74, 6) is 0. The molecule has 0 fully saturated rings. The lowest BCUT2D eigenvalue weighted by molar-refractivity contribution is 0.656. The fourth-order valence-corrected chi connectivity index (χ4v) is 9.42. The molecular weight excluding hydrogens is 757 g/mol. The van der Waals surface area contributed by atoms with E-state index in [-0.39, 0.29) is 0 Å². The fourth-order valence-electron chi connectivity index (χ4n) is 9.42. The molecule has 0 unspecified atom stereocenters. The molecule has 4 nitrogen and oxygen atoms in total. The third kappa shape index (κ3) is 5.89. The minimum Gasteiger partial charge on any atom is -0.456 e. The minimum atomic E-state index is 0.800. The third-order valence-corrected chi connectivity index (χ3v) is 13.5. The molecule has 0 N–H and O–H groups in total. The average molecular weight is 805 g/mol. The van der Waals surface area contributed by atoms with E-state index in [0.29, 0.717) is 0 Å². The summed E-state index contributed by atoms with van der Waals surface area (Å²) in [5.41, 5.74) is 20.0. The average Bonchev–Trinajstić information content (AvgIpc) is 3.82. The summed E-state index contributed by atoms with van der Waals surface area (Å²) in [5, 5.41) is 8.96. The third-order valence-electron chi connectivity index (χ3n) is 13.5. The van der Waals surface area contributed by atoms with Crippen molar-refractivity contribution >= 4 is 99.5 Å². The summed E-state index contributed by atoms with van der Waals surface area (Å²) in [4.78, 5) is 4.77. The molecule has 0 aliphatic carbocycles. The molecule has 62 heavy (non-hydrogen) atoms. The molecule has 0 radical (unpaired) electrons. The highest BCUT2D eigenvalue weighted by atomic mass is 16.3. The van der Waals surface area contributed by atoms with Crippen molar-refractivity contribution in [2.24, 2.45) is 0 Å². The number of fused-ring (bicyclic) bond motifs is 10. The van der Waals surface area contributed by atoms with Crippen molar-refractivity contribution < 1.29 is 8.83 Å². The first-order valence-electron chi connectivity index (χ1n) is 21.6. The Balaban J connectivity index is 1.16. The van der Waals surface area contributed by atoms with Crippen molar-refractivity contribution in [3.8, 4) is 0 Å². The maximum absolute atomic E-state index is 6.92. The normalized spacial score (nSPS) is 11.9. The number of benzene rings is 9. The van der Waals surface area contributed by atoms with E-state index in [1.54, 1.807) is 0 Å². The number of rotatable bonds is 6. The van der Waals surface area contributed by atoms with Gasteiger partial charge in [-0.25, -0.2) is 0 Å². The minimum absolute atomic E-state index is 0.800. The molecule has 4 heteroatoms. The number of anilines is 6. The van der Waals surface area contributed by atoms with Gasteiger partial charge in [0, 0.05) is 73.3 Å². The zero-order chi connectivity index (χ0) is 42.6. The van der Waals surface area contributed by atoms with Gasteiger partial charge in [0.25, 0.3) is 0 Å². The van der Waals surface area contributed by atoms with Crippen LogP contribution >= 0.6 is 0 Å². The second kappa shape index (κ2) is 14.1. The lowest BCUT2D eigenvalue weighted by atomic mass is 9.97. The maximum atomic E-state index is 6.92.